The number of carbonyl (C=O) groups is 1. The average Bonchev–Trinajstić information content (AvgIpc) is 2.74. The lowest BCUT2D eigenvalue weighted by molar-refractivity contribution is -0.134. The molecule has 0 saturated heterocycles. The van der Waals surface area contributed by atoms with Crippen molar-refractivity contribution in [1.82, 2.24) is 0 Å². The van der Waals surface area contributed by atoms with Gasteiger partial charge < -0.3 is 43.0 Å². The third kappa shape index (κ3) is 24.9. The summed E-state index contributed by atoms with van der Waals surface area (Å²) in [6.45, 7) is 6.53. The molecular formula is C19H36O10. The lowest BCUT2D eigenvalue weighted by atomic mass is 10.5. The molecule has 0 aliphatic carbocycles. The van der Waals surface area contributed by atoms with Crippen LogP contribution in [0.4, 0.5) is 0 Å². The van der Waals surface area contributed by atoms with Gasteiger partial charge in [0.05, 0.1) is 106 Å². The fraction of sp³-hybridized carbons (Fsp3) is 0.842. The molecule has 0 aliphatic heterocycles. The highest BCUT2D eigenvalue weighted by atomic mass is 16.6. The lowest BCUT2D eigenvalue weighted by Gasteiger charge is -2.08. The molecule has 0 spiro atoms. The zero-order chi connectivity index (χ0) is 21.3. The fourth-order valence-electron chi connectivity index (χ4n) is 1.75. The zero-order valence-electron chi connectivity index (χ0n) is 17.4. The molecule has 1 N–H and O–H groups in total. The first-order valence-corrected chi connectivity index (χ1v) is 9.70. The van der Waals surface area contributed by atoms with Crippen molar-refractivity contribution in [2.45, 2.75) is 0 Å². The van der Waals surface area contributed by atoms with Crippen molar-refractivity contribution in [3.63, 3.8) is 0 Å². The Kier molecular flexibility index (Phi) is 24.0. The second kappa shape index (κ2) is 24.9. The number of ether oxygens (including phenoxy) is 8. The molecule has 0 atom stereocenters. The largest absolute Gasteiger partial charge is 0.466 e. The molecule has 10 nitrogen and oxygen atoms in total. The second-order valence-electron chi connectivity index (χ2n) is 5.40. The topological polar surface area (TPSA) is 111 Å². The Morgan fingerprint density at radius 3 is 1.31 bits per heavy atom. The Hall–Kier alpha value is -1.11. The van der Waals surface area contributed by atoms with Crippen LogP contribution in [0, 0.1) is 0 Å². The molecule has 0 rings (SSSR count). The number of carbonyl (C=O) groups excluding carboxylic acids is 1. The average molecular weight is 424 g/mol. The number of hydrogen-bond donors (Lipinski definition) is 1. The summed E-state index contributed by atoms with van der Waals surface area (Å²) in [4.78, 5) is 10.8. The molecule has 0 radical (unpaired) electrons. The van der Waals surface area contributed by atoms with Gasteiger partial charge in [-0.3, -0.25) is 0 Å². The van der Waals surface area contributed by atoms with Gasteiger partial charge >= 0.3 is 5.97 Å². The van der Waals surface area contributed by atoms with Crippen molar-refractivity contribution in [2.24, 2.45) is 0 Å². The summed E-state index contributed by atoms with van der Waals surface area (Å²) < 4.78 is 41.5. The highest BCUT2D eigenvalue weighted by Gasteiger charge is 1.94. The van der Waals surface area contributed by atoms with E-state index in [2.05, 4.69) is 4.74 Å². The second-order valence-corrected chi connectivity index (χ2v) is 5.40. The predicted octanol–water partition coefficient (Wildman–Crippen LogP) is -0.176. The quantitative estimate of drug-likeness (QED) is 0.135. The van der Waals surface area contributed by atoms with Crippen molar-refractivity contribution >= 4 is 5.97 Å². The van der Waals surface area contributed by atoms with Crippen LogP contribution in [0.2, 0.25) is 0 Å². The number of hydrogen-bond acceptors (Lipinski definition) is 10. The zero-order valence-corrected chi connectivity index (χ0v) is 17.4. The summed E-state index contributed by atoms with van der Waals surface area (Å²) in [5, 5.41) is 8.52. The van der Waals surface area contributed by atoms with E-state index in [1.165, 1.54) is 13.2 Å². The van der Waals surface area contributed by atoms with Gasteiger partial charge in [-0.25, -0.2) is 4.79 Å². The number of methoxy groups -OCH3 is 1. The highest BCUT2D eigenvalue weighted by molar-refractivity contribution is 5.81. The Labute approximate surface area is 172 Å². The van der Waals surface area contributed by atoms with Crippen LogP contribution in [-0.4, -0.2) is 117 Å². The maximum Gasteiger partial charge on any atom is 0.330 e. The fourth-order valence-corrected chi connectivity index (χ4v) is 1.75. The molecule has 0 heterocycles. The van der Waals surface area contributed by atoms with E-state index in [4.69, 9.17) is 38.3 Å². The van der Waals surface area contributed by atoms with E-state index in [0.717, 1.165) is 0 Å². The summed E-state index contributed by atoms with van der Waals surface area (Å²) in [5.74, 6) is -0.402. The standard InChI is InChI=1S/C19H36O10/c1-22-19(21)3-2-5-23-7-9-25-11-13-27-15-17-29-18-16-28-14-12-26-10-8-24-6-4-20/h2-3,20H,4-18H2,1H3/b3-2+. The van der Waals surface area contributed by atoms with E-state index in [-0.39, 0.29) is 6.61 Å². The highest BCUT2D eigenvalue weighted by Crippen LogP contribution is 1.86. The molecule has 29 heavy (non-hydrogen) atoms. The van der Waals surface area contributed by atoms with Gasteiger partial charge in [-0.2, -0.15) is 0 Å². The summed E-state index contributed by atoms with van der Waals surface area (Å²) in [7, 11) is 1.32. The number of esters is 1. The van der Waals surface area contributed by atoms with E-state index in [1.807, 2.05) is 0 Å². The molecule has 0 fully saturated rings. The molecule has 0 aromatic rings. The predicted molar refractivity (Wildman–Crippen MR) is 104 cm³/mol. The van der Waals surface area contributed by atoms with Crippen LogP contribution in [-0.2, 0) is 42.7 Å². The van der Waals surface area contributed by atoms with E-state index in [1.54, 1.807) is 6.08 Å². The Morgan fingerprint density at radius 2 is 0.966 bits per heavy atom. The van der Waals surface area contributed by atoms with E-state index >= 15 is 0 Å². The summed E-state index contributed by atoms with van der Waals surface area (Å²) in [6, 6.07) is 0. The van der Waals surface area contributed by atoms with E-state index in [0.29, 0.717) is 92.5 Å². The molecule has 0 bridgehead atoms. The first-order valence-electron chi connectivity index (χ1n) is 9.70. The maximum atomic E-state index is 10.8. The van der Waals surface area contributed by atoms with Gasteiger partial charge in [-0.1, -0.05) is 6.08 Å². The van der Waals surface area contributed by atoms with Crippen LogP contribution < -0.4 is 0 Å². The Balaban J connectivity index is 3.05. The van der Waals surface area contributed by atoms with Crippen molar-refractivity contribution in [3.8, 4) is 0 Å². The van der Waals surface area contributed by atoms with Crippen LogP contribution in [0.15, 0.2) is 12.2 Å². The van der Waals surface area contributed by atoms with Gasteiger partial charge in [0.2, 0.25) is 0 Å². The van der Waals surface area contributed by atoms with Crippen LogP contribution >= 0.6 is 0 Å². The summed E-state index contributed by atoms with van der Waals surface area (Å²) in [6.07, 6.45) is 2.91. The minimum absolute atomic E-state index is 0.0252. The normalized spacial score (nSPS) is 11.4. The molecule has 0 unspecified atom stereocenters. The molecule has 0 aromatic carbocycles. The van der Waals surface area contributed by atoms with Gasteiger partial charge in [0.15, 0.2) is 0 Å². The van der Waals surface area contributed by atoms with Gasteiger partial charge in [0.25, 0.3) is 0 Å². The molecule has 0 aromatic heterocycles. The molecule has 0 aliphatic rings. The summed E-state index contributed by atoms with van der Waals surface area (Å²) >= 11 is 0. The van der Waals surface area contributed by atoms with Crippen molar-refractivity contribution < 1.29 is 47.8 Å². The van der Waals surface area contributed by atoms with Gasteiger partial charge in [-0.05, 0) is 0 Å². The Morgan fingerprint density at radius 1 is 0.621 bits per heavy atom. The Bertz CT molecular complexity index is 365. The van der Waals surface area contributed by atoms with Crippen LogP contribution in [0.3, 0.4) is 0 Å². The minimum atomic E-state index is -0.402. The SMILES string of the molecule is COC(=O)/C=C/COCCOCCOCCOCCOCCOCCOCCO. The molecule has 10 heteroatoms. The smallest absolute Gasteiger partial charge is 0.330 e. The molecular weight excluding hydrogens is 388 g/mol. The van der Waals surface area contributed by atoms with Gasteiger partial charge in [-0.15, -0.1) is 0 Å². The number of aliphatic hydroxyl groups excluding tert-OH is 1. The van der Waals surface area contributed by atoms with Crippen LogP contribution in [0.5, 0.6) is 0 Å². The third-order valence-corrected chi connectivity index (χ3v) is 3.14. The number of rotatable bonds is 23. The minimum Gasteiger partial charge on any atom is -0.466 e. The van der Waals surface area contributed by atoms with E-state index < -0.39 is 5.97 Å². The van der Waals surface area contributed by atoms with Crippen LogP contribution in [0.25, 0.3) is 0 Å². The third-order valence-electron chi connectivity index (χ3n) is 3.14. The molecule has 0 saturated carbocycles. The summed E-state index contributed by atoms with van der Waals surface area (Å²) in [5.41, 5.74) is 0. The van der Waals surface area contributed by atoms with Gasteiger partial charge in [0.1, 0.15) is 0 Å². The molecule has 0 amide bonds. The van der Waals surface area contributed by atoms with Gasteiger partial charge in [0, 0.05) is 6.08 Å². The van der Waals surface area contributed by atoms with Crippen molar-refractivity contribution in [3.05, 3.63) is 12.2 Å². The van der Waals surface area contributed by atoms with Crippen molar-refractivity contribution in [2.75, 3.05) is 106 Å². The number of aliphatic hydroxyl groups is 1. The first kappa shape index (κ1) is 27.9. The van der Waals surface area contributed by atoms with Crippen molar-refractivity contribution in [1.29, 1.82) is 0 Å². The first-order chi connectivity index (χ1) is 14.3. The lowest BCUT2D eigenvalue weighted by Crippen LogP contribution is -2.14. The maximum absolute atomic E-state index is 10.8. The van der Waals surface area contributed by atoms with E-state index in [9.17, 15) is 4.79 Å². The monoisotopic (exact) mass is 424 g/mol. The van der Waals surface area contributed by atoms with Crippen LogP contribution in [0.1, 0.15) is 0 Å². The molecule has 172 valence electrons.